The van der Waals surface area contributed by atoms with Crippen LogP contribution >= 0.6 is 0 Å². The summed E-state index contributed by atoms with van der Waals surface area (Å²) in [7, 11) is 0. The normalized spacial score (nSPS) is 13.6. The molecule has 0 unspecified atom stereocenters. The van der Waals surface area contributed by atoms with Crippen molar-refractivity contribution < 1.29 is 9.90 Å². The maximum atomic E-state index is 12.2. The topological polar surface area (TPSA) is 78.3 Å². The van der Waals surface area contributed by atoms with Crippen molar-refractivity contribution in [3.05, 3.63) is 58.9 Å². The van der Waals surface area contributed by atoms with E-state index in [0.717, 1.165) is 10.9 Å². The van der Waals surface area contributed by atoms with Crippen molar-refractivity contribution in [2.75, 3.05) is 0 Å². The number of carbonyl (C=O) groups is 1. The molecule has 1 amide bonds. The summed E-state index contributed by atoms with van der Waals surface area (Å²) in [5, 5.41) is 12.2. The quantitative estimate of drug-likeness (QED) is 0.676. The molecule has 0 aliphatic carbocycles. The summed E-state index contributed by atoms with van der Waals surface area (Å²) < 4.78 is 0. The number of amides is 1. The average molecular weight is 263 g/mol. The van der Waals surface area contributed by atoms with Crippen LogP contribution in [0.25, 0.3) is 16.5 Å². The minimum absolute atomic E-state index is 0.0264. The van der Waals surface area contributed by atoms with Crippen LogP contribution in [-0.2, 0) is 4.79 Å². The van der Waals surface area contributed by atoms with E-state index in [1.807, 2.05) is 24.3 Å². The number of pyridine rings is 1. The molecule has 1 aliphatic rings. The highest BCUT2D eigenvalue weighted by Crippen LogP contribution is 2.32. The Bertz CT molecular complexity index is 986. The number of benzene rings is 1. The van der Waals surface area contributed by atoms with Gasteiger partial charge in [-0.1, -0.05) is 18.2 Å². The number of fused-ring (bicyclic) bond motifs is 2. The summed E-state index contributed by atoms with van der Waals surface area (Å²) in [5.74, 6) is -0.380. The lowest BCUT2D eigenvalue weighted by Gasteiger charge is -1.99. The summed E-state index contributed by atoms with van der Waals surface area (Å²) in [4.78, 5) is 23.1. The lowest BCUT2D eigenvalue weighted by atomic mass is 10.0. The summed E-state index contributed by atoms with van der Waals surface area (Å²) >= 11 is 0. The van der Waals surface area contributed by atoms with Crippen molar-refractivity contribution in [2.45, 2.75) is 0 Å². The van der Waals surface area contributed by atoms with Gasteiger partial charge in [-0.2, -0.15) is 0 Å². The van der Waals surface area contributed by atoms with Crippen LogP contribution in [-0.4, -0.2) is 21.0 Å². The highest BCUT2D eigenvalue weighted by Gasteiger charge is 2.24. The fraction of sp³-hybridized carbons (Fsp3) is 0. The summed E-state index contributed by atoms with van der Waals surface area (Å²) in [6.45, 7) is 0. The molecule has 0 fully saturated rings. The molecular formula is C15H9N3O2. The molecule has 5 heteroatoms. The van der Waals surface area contributed by atoms with Crippen molar-refractivity contribution in [2.24, 2.45) is 4.99 Å². The molecule has 2 N–H and O–H groups in total. The van der Waals surface area contributed by atoms with Gasteiger partial charge in [0.25, 0.3) is 5.91 Å². The van der Waals surface area contributed by atoms with E-state index in [0.29, 0.717) is 21.7 Å². The van der Waals surface area contributed by atoms with Crippen LogP contribution in [0.5, 0.6) is 5.88 Å². The van der Waals surface area contributed by atoms with E-state index in [9.17, 15) is 9.90 Å². The zero-order valence-electron chi connectivity index (χ0n) is 10.3. The lowest BCUT2D eigenvalue weighted by Crippen LogP contribution is -2.23. The van der Waals surface area contributed by atoms with Gasteiger partial charge in [-0.15, -0.1) is 0 Å². The molecule has 5 nitrogen and oxygen atoms in total. The fourth-order valence-corrected chi connectivity index (χ4v) is 2.58. The Morgan fingerprint density at radius 3 is 2.90 bits per heavy atom. The lowest BCUT2D eigenvalue weighted by molar-refractivity contribution is -0.112. The van der Waals surface area contributed by atoms with Crippen molar-refractivity contribution in [1.82, 2.24) is 9.97 Å². The van der Waals surface area contributed by atoms with Gasteiger partial charge in [0.05, 0.1) is 16.5 Å². The minimum Gasteiger partial charge on any atom is -0.494 e. The molecule has 0 atom stereocenters. The molecule has 1 aromatic carbocycles. The smallest absolute Gasteiger partial charge is 0.279 e. The Morgan fingerprint density at radius 1 is 1.15 bits per heavy atom. The molecule has 2 aromatic heterocycles. The second kappa shape index (κ2) is 3.77. The number of aromatic hydroxyl groups is 1. The van der Waals surface area contributed by atoms with Gasteiger partial charge < -0.3 is 10.1 Å². The molecule has 0 spiro atoms. The van der Waals surface area contributed by atoms with E-state index >= 15 is 0 Å². The Labute approximate surface area is 112 Å². The van der Waals surface area contributed by atoms with Crippen LogP contribution in [0.4, 0.5) is 0 Å². The molecule has 3 heterocycles. The number of H-pyrrole nitrogens is 1. The molecular weight excluding hydrogens is 254 g/mol. The maximum absolute atomic E-state index is 12.2. The first-order valence-electron chi connectivity index (χ1n) is 6.13. The first kappa shape index (κ1) is 10.9. The van der Waals surface area contributed by atoms with Crippen molar-refractivity contribution in [1.29, 1.82) is 0 Å². The molecule has 0 radical (unpaired) electrons. The number of nitrogens with zero attached hydrogens (tertiary/aromatic N) is 2. The first-order valence-corrected chi connectivity index (χ1v) is 6.13. The number of nitrogens with one attached hydrogen (secondary N) is 1. The van der Waals surface area contributed by atoms with E-state index in [2.05, 4.69) is 15.0 Å². The number of hydrogen-bond acceptors (Lipinski definition) is 3. The van der Waals surface area contributed by atoms with Gasteiger partial charge in [-0.05, 0) is 12.1 Å². The van der Waals surface area contributed by atoms with Gasteiger partial charge in [-0.25, -0.2) is 4.99 Å². The summed E-state index contributed by atoms with van der Waals surface area (Å²) in [6, 6.07) is 9.12. The maximum Gasteiger partial charge on any atom is 0.279 e. The van der Waals surface area contributed by atoms with Gasteiger partial charge in [0.15, 0.2) is 5.88 Å². The predicted molar refractivity (Wildman–Crippen MR) is 72.5 cm³/mol. The zero-order chi connectivity index (χ0) is 13.7. The Kier molecular flexibility index (Phi) is 2.06. The molecule has 3 aromatic rings. The third-order valence-electron chi connectivity index (χ3n) is 3.44. The number of para-hydroxylation sites is 1. The van der Waals surface area contributed by atoms with Crippen LogP contribution in [0.2, 0.25) is 0 Å². The van der Waals surface area contributed by atoms with Gasteiger partial charge in [0, 0.05) is 28.5 Å². The van der Waals surface area contributed by atoms with Crippen LogP contribution in [0.15, 0.2) is 47.7 Å². The SMILES string of the molecule is O=C1N=c2ccncc2=C1c1c(O)[nH]c2ccccc12. The molecule has 0 saturated carbocycles. The number of aromatic amines is 1. The number of aromatic nitrogens is 2. The minimum atomic E-state index is -0.354. The van der Waals surface area contributed by atoms with Gasteiger partial charge in [-0.3, -0.25) is 9.78 Å². The predicted octanol–water partition coefficient (Wildman–Crippen LogP) is 0.627. The van der Waals surface area contributed by atoms with E-state index in [1.165, 1.54) is 0 Å². The van der Waals surface area contributed by atoms with E-state index < -0.39 is 0 Å². The zero-order valence-corrected chi connectivity index (χ0v) is 10.3. The van der Waals surface area contributed by atoms with E-state index in [-0.39, 0.29) is 11.8 Å². The number of carbonyl (C=O) groups excluding carboxylic acids is 1. The molecule has 20 heavy (non-hydrogen) atoms. The number of hydrogen-bond donors (Lipinski definition) is 2. The standard InChI is InChI=1S/C15H9N3O2/c19-14-12(8-3-1-2-4-10(8)17-14)13-9-7-16-6-5-11(9)18-15(13)20/h1-7,17,19H. The fourth-order valence-electron chi connectivity index (χ4n) is 2.58. The summed E-state index contributed by atoms with van der Waals surface area (Å²) in [6.07, 6.45) is 3.19. The molecule has 0 bridgehead atoms. The van der Waals surface area contributed by atoms with Crippen LogP contribution in [0.1, 0.15) is 5.56 Å². The van der Waals surface area contributed by atoms with Crippen molar-refractivity contribution in [3.8, 4) is 5.88 Å². The molecule has 0 saturated heterocycles. The van der Waals surface area contributed by atoms with Crippen molar-refractivity contribution >= 4 is 22.4 Å². The van der Waals surface area contributed by atoms with Crippen LogP contribution < -0.4 is 10.6 Å². The first-order chi connectivity index (χ1) is 9.75. The van der Waals surface area contributed by atoms with Crippen LogP contribution in [0.3, 0.4) is 0 Å². The third kappa shape index (κ3) is 1.34. The van der Waals surface area contributed by atoms with Gasteiger partial charge >= 0.3 is 0 Å². The van der Waals surface area contributed by atoms with Crippen molar-refractivity contribution in [3.63, 3.8) is 0 Å². The number of rotatable bonds is 1. The average Bonchev–Trinajstić information content (AvgIpc) is 2.94. The second-order valence-corrected chi connectivity index (χ2v) is 4.58. The largest absolute Gasteiger partial charge is 0.494 e. The Morgan fingerprint density at radius 2 is 2.00 bits per heavy atom. The molecule has 96 valence electrons. The second-order valence-electron chi connectivity index (χ2n) is 4.58. The highest BCUT2D eigenvalue weighted by atomic mass is 16.3. The van der Waals surface area contributed by atoms with Gasteiger partial charge in [0.1, 0.15) is 0 Å². The third-order valence-corrected chi connectivity index (χ3v) is 3.44. The Balaban J connectivity index is 2.19. The van der Waals surface area contributed by atoms with E-state index in [4.69, 9.17) is 0 Å². The highest BCUT2D eigenvalue weighted by molar-refractivity contribution is 6.24. The molecule has 1 aliphatic heterocycles. The summed E-state index contributed by atoms with van der Waals surface area (Å²) in [5.41, 5.74) is 1.65. The molecule has 4 rings (SSSR count). The van der Waals surface area contributed by atoms with Gasteiger partial charge in [0.2, 0.25) is 0 Å². The van der Waals surface area contributed by atoms with E-state index in [1.54, 1.807) is 18.5 Å². The van der Waals surface area contributed by atoms with Crippen LogP contribution in [0, 0.1) is 0 Å². The Hall–Kier alpha value is -2.95. The monoisotopic (exact) mass is 263 g/mol.